The van der Waals surface area contributed by atoms with Crippen molar-refractivity contribution in [3.63, 3.8) is 0 Å². The monoisotopic (exact) mass is 1420 g/mol. The highest BCUT2D eigenvalue weighted by Gasteiger charge is 2.47. The SMILES string of the molecule is C.C.C=CCNC(=O)Nc1cc2c3c(c1)[C@](C)(c1ccccc1)CCN3CC[C@@]2(C)c1ccccc1.CCCCNC(=O)Nc1cc2c3c(c1)[C@H](c1ccc(F)cc1)CCN3CC[C@H]2c1ccc(C)cc1.CCCCNC(=O)Nc1cc2c3c(c1)[C@](C)(c1ccccc1)CCN3CC[C@@]2(C)c1ccccc1. The van der Waals surface area contributed by atoms with E-state index in [1.54, 1.807) is 18.2 Å². The van der Waals surface area contributed by atoms with Gasteiger partial charge in [-0.25, -0.2) is 18.8 Å². The summed E-state index contributed by atoms with van der Waals surface area (Å²) in [5.41, 5.74) is 22.7. The molecule has 12 nitrogen and oxygen atoms in total. The smallest absolute Gasteiger partial charge is 0.319 e. The summed E-state index contributed by atoms with van der Waals surface area (Å²) in [5.74, 6) is 0.228. The minimum atomic E-state index is -0.216. The number of nitrogens with zero attached hydrogens (tertiary/aromatic N) is 3. The lowest BCUT2D eigenvalue weighted by atomic mass is 9.64. The molecule has 0 aliphatic carbocycles. The highest BCUT2D eigenvalue weighted by Crippen LogP contribution is 2.57. The molecule has 13 heteroatoms. The summed E-state index contributed by atoms with van der Waals surface area (Å²) in [6.45, 7) is 27.4. The summed E-state index contributed by atoms with van der Waals surface area (Å²) in [7, 11) is 0. The van der Waals surface area contributed by atoms with Crippen LogP contribution in [0.4, 0.5) is 52.9 Å². The fourth-order valence-electron chi connectivity index (χ4n) is 17.3. The van der Waals surface area contributed by atoms with Gasteiger partial charge in [-0.3, -0.25) is 0 Å². The second kappa shape index (κ2) is 33.5. The predicted octanol–water partition coefficient (Wildman–Crippen LogP) is 21.3. The maximum atomic E-state index is 13.7. The molecule has 6 N–H and O–H groups in total. The Balaban J connectivity index is 0.000000157. The molecule has 6 aliphatic rings. The summed E-state index contributed by atoms with van der Waals surface area (Å²) < 4.78 is 13.7. The number of amides is 6. The van der Waals surface area contributed by atoms with Crippen LogP contribution >= 0.6 is 0 Å². The molecule has 6 aliphatic heterocycles. The summed E-state index contributed by atoms with van der Waals surface area (Å²) >= 11 is 0. The molecule has 15 rings (SSSR count). The van der Waals surface area contributed by atoms with E-state index in [4.69, 9.17) is 0 Å². The Morgan fingerprint density at radius 3 is 1.08 bits per heavy atom. The number of carbonyl (C=O) groups excluding carboxylic acids is 3. The standard InChI is InChI=1S/C31H37N3O.C30H34FN3O.C30H33N3O.2CH4/c1-4-5-18-32-29(35)33-25-21-26-28-27(22-25)31(3,24-14-10-7-11-15-24)17-20-34(28)19-16-30(26,2)23-12-8-6-9-13-23;1-3-4-15-32-30(35)33-24-18-27-25(21-7-5-20(2)6-8-21)13-16-34-17-14-26(28(19-24)29(27)34)22-9-11-23(31)12-10-22;1-4-17-31-28(34)32-24-20-25-27-26(21-24)30(3,23-13-9-6-10-14-23)16-19-33(27)18-15-29(25,2)22-11-7-5-8-12-22;;/h6-15,21-22H,4-5,16-20H2,1-3H3,(H2,32,33,35);5-12,18-19,25-26H,3-4,13-17H2,1-2H3,(H2,32,33,35);4-14,20-21H,1,15-19H2,2-3H3,(H2,31,32,34);2*1H4/t30-,31-;25-,26-;29-,30-;;/m000../s1. The van der Waals surface area contributed by atoms with E-state index in [9.17, 15) is 18.8 Å². The number of hydrogen-bond donors (Lipinski definition) is 6. The van der Waals surface area contributed by atoms with Crippen molar-refractivity contribution in [2.24, 2.45) is 0 Å². The number of halogens is 1. The number of benzene rings is 9. The van der Waals surface area contributed by atoms with Crippen LogP contribution in [0, 0.1) is 12.7 Å². The average Bonchev–Trinajstić information content (AvgIpc) is 0.712. The fourth-order valence-corrected chi connectivity index (χ4v) is 17.3. The number of nitrogens with one attached hydrogen (secondary N) is 6. The third-order valence-electron chi connectivity index (χ3n) is 23.6. The van der Waals surface area contributed by atoms with Crippen molar-refractivity contribution >= 4 is 52.2 Å². The maximum absolute atomic E-state index is 13.7. The van der Waals surface area contributed by atoms with Crippen LogP contribution in [0.25, 0.3) is 0 Å². The second-order valence-corrected chi connectivity index (χ2v) is 30.3. The molecule has 0 saturated heterocycles. The first-order valence-electron chi connectivity index (χ1n) is 38.0. The van der Waals surface area contributed by atoms with E-state index >= 15 is 0 Å². The first kappa shape index (κ1) is 77.0. The van der Waals surface area contributed by atoms with E-state index in [2.05, 4.69) is 284 Å². The van der Waals surface area contributed by atoms with E-state index in [0.29, 0.717) is 19.6 Å². The van der Waals surface area contributed by atoms with Crippen LogP contribution in [-0.2, 0) is 21.7 Å². The Labute approximate surface area is 631 Å². The zero-order chi connectivity index (χ0) is 72.6. The highest BCUT2D eigenvalue weighted by atomic mass is 19.1. The van der Waals surface area contributed by atoms with Crippen molar-refractivity contribution in [3.8, 4) is 0 Å². The quantitative estimate of drug-likeness (QED) is 0.0397. The van der Waals surface area contributed by atoms with E-state index < -0.39 is 0 Å². The number of hydrogen-bond acceptors (Lipinski definition) is 6. The van der Waals surface area contributed by atoms with Gasteiger partial charge in [-0.15, -0.1) is 6.58 Å². The number of carbonyl (C=O) groups is 3. The van der Waals surface area contributed by atoms with Gasteiger partial charge < -0.3 is 46.6 Å². The van der Waals surface area contributed by atoms with Gasteiger partial charge in [0.15, 0.2) is 0 Å². The molecule has 106 heavy (non-hydrogen) atoms. The molecule has 6 amide bonds. The van der Waals surface area contributed by atoms with Gasteiger partial charge in [0.05, 0.1) is 0 Å². The first-order valence-corrected chi connectivity index (χ1v) is 38.0. The van der Waals surface area contributed by atoms with Crippen molar-refractivity contribution in [2.45, 2.75) is 161 Å². The van der Waals surface area contributed by atoms with Crippen LogP contribution in [0.5, 0.6) is 0 Å². The lowest BCUT2D eigenvalue weighted by molar-refractivity contribution is 0.251. The molecular formula is C93H112FN9O3. The normalized spacial score (nSPS) is 21.1. The van der Waals surface area contributed by atoms with E-state index in [1.165, 1.54) is 83.8 Å². The van der Waals surface area contributed by atoms with Gasteiger partial charge >= 0.3 is 18.1 Å². The zero-order valence-corrected chi connectivity index (χ0v) is 61.9. The Bertz CT molecular complexity index is 4260. The first-order chi connectivity index (χ1) is 50.4. The molecule has 9 aromatic carbocycles. The Hall–Kier alpha value is -10.1. The van der Waals surface area contributed by atoms with Crippen LogP contribution in [0.1, 0.15) is 205 Å². The van der Waals surface area contributed by atoms with Crippen molar-refractivity contribution in [2.75, 3.05) is 89.6 Å². The molecule has 6 heterocycles. The number of anilines is 6. The Morgan fingerprint density at radius 1 is 0.434 bits per heavy atom. The fraction of sp³-hybridized carbons (Fsp3) is 0.366. The largest absolute Gasteiger partial charge is 0.371 e. The van der Waals surface area contributed by atoms with Crippen molar-refractivity contribution in [3.05, 3.63) is 297 Å². The van der Waals surface area contributed by atoms with E-state index in [1.807, 2.05) is 12.1 Å². The zero-order valence-electron chi connectivity index (χ0n) is 61.9. The van der Waals surface area contributed by atoms with Gasteiger partial charge in [-0.05, 0) is 174 Å². The van der Waals surface area contributed by atoms with Crippen molar-refractivity contribution < 1.29 is 18.8 Å². The van der Waals surface area contributed by atoms with Crippen LogP contribution in [0.3, 0.4) is 0 Å². The van der Waals surface area contributed by atoms with Crippen LogP contribution in [0.15, 0.2) is 219 Å². The summed E-state index contributed by atoms with van der Waals surface area (Å²) in [4.78, 5) is 45.6. The summed E-state index contributed by atoms with van der Waals surface area (Å²) in [5, 5.41) is 18.2. The molecule has 0 unspecified atom stereocenters. The Morgan fingerprint density at radius 2 is 0.745 bits per heavy atom. The average molecular weight is 1420 g/mol. The summed E-state index contributed by atoms with van der Waals surface area (Å²) in [6, 6.07) is 71.7. The van der Waals surface area contributed by atoms with Gasteiger partial charge in [-0.2, -0.15) is 0 Å². The van der Waals surface area contributed by atoms with Gasteiger partial charge in [0.25, 0.3) is 0 Å². The molecule has 0 radical (unpaired) electrons. The molecule has 0 fully saturated rings. The van der Waals surface area contributed by atoms with Crippen LogP contribution in [-0.4, -0.2) is 77.0 Å². The predicted molar refractivity (Wildman–Crippen MR) is 441 cm³/mol. The van der Waals surface area contributed by atoms with E-state index in [0.717, 1.165) is 126 Å². The van der Waals surface area contributed by atoms with Gasteiger partial charge in [0.2, 0.25) is 0 Å². The molecule has 9 aromatic rings. The lowest BCUT2D eigenvalue weighted by Crippen LogP contribution is -2.47. The molecule has 6 atom stereocenters. The molecule has 554 valence electrons. The lowest BCUT2D eigenvalue weighted by Gasteiger charge is -2.50. The van der Waals surface area contributed by atoms with Crippen molar-refractivity contribution in [1.29, 1.82) is 0 Å². The van der Waals surface area contributed by atoms with Gasteiger partial charge in [0.1, 0.15) is 5.82 Å². The van der Waals surface area contributed by atoms with Crippen LogP contribution in [0.2, 0.25) is 0 Å². The third-order valence-corrected chi connectivity index (χ3v) is 23.6. The molecule has 0 spiro atoms. The topological polar surface area (TPSA) is 133 Å². The molecule has 0 bridgehead atoms. The second-order valence-electron chi connectivity index (χ2n) is 30.3. The number of aryl methyl sites for hydroxylation is 1. The molecular weight excluding hydrogens is 1310 g/mol. The molecule has 0 aromatic heterocycles. The third kappa shape index (κ3) is 15.9. The molecule has 0 saturated carbocycles. The maximum Gasteiger partial charge on any atom is 0.319 e. The highest BCUT2D eigenvalue weighted by molar-refractivity contribution is 5.93. The van der Waals surface area contributed by atoms with Gasteiger partial charge in [0, 0.05) is 127 Å². The van der Waals surface area contributed by atoms with Crippen molar-refractivity contribution in [1.82, 2.24) is 16.0 Å². The van der Waals surface area contributed by atoms with E-state index in [-0.39, 0.29) is 72.3 Å². The summed E-state index contributed by atoms with van der Waals surface area (Å²) in [6.07, 6.45) is 11.9. The minimum Gasteiger partial charge on any atom is -0.371 e. The minimum absolute atomic E-state index is 0. The number of urea groups is 3. The van der Waals surface area contributed by atoms with Gasteiger partial charge in [-0.1, -0.05) is 239 Å². The number of unbranched alkanes of at least 4 members (excludes halogenated alkanes) is 2. The van der Waals surface area contributed by atoms with Crippen LogP contribution < -0.4 is 46.6 Å². The number of rotatable bonds is 17. The Kier molecular flexibility index (Phi) is 24.4.